The van der Waals surface area contributed by atoms with E-state index in [-0.39, 0.29) is 23.9 Å². The molecule has 1 fully saturated rings. The van der Waals surface area contributed by atoms with Crippen molar-refractivity contribution in [3.8, 4) is 0 Å². The fourth-order valence-electron chi connectivity index (χ4n) is 3.66. The summed E-state index contributed by atoms with van der Waals surface area (Å²) in [6.07, 6.45) is 1.78. The van der Waals surface area contributed by atoms with E-state index in [1.807, 2.05) is 19.9 Å². The number of nitrogens with one attached hydrogen (secondary N) is 1. The molecule has 4 nitrogen and oxygen atoms in total. The van der Waals surface area contributed by atoms with Gasteiger partial charge in [0.1, 0.15) is 5.82 Å². The van der Waals surface area contributed by atoms with Crippen LogP contribution in [0.25, 0.3) is 0 Å². The maximum absolute atomic E-state index is 13.3. The minimum Gasteiger partial charge on any atom is -0.376 e. The Labute approximate surface area is 148 Å². The van der Waals surface area contributed by atoms with Crippen molar-refractivity contribution in [1.29, 1.82) is 0 Å². The number of nitrogens with zero attached hydrogens (tertiary/aromatic N) is 1. The number of aryl methyl sites for hydroxylation is 1. The molecule has 2 heterocycles. The van der Waals surface area contributed by atoms with Crippen molar-refractivity contribution in [2.24, 2.45) is 0 Å². The lowest BCUT2D eigenvalue weighted by molar-refractivity contribution is 0.0672. The summed E-state index contributed by atoms with van der Waals surface area (Å²) >= 11 is 0. The van der Waals surface area contributed by atoms with E-state index >= 15 is 0 Å². The van der Waals surface area contributed by atoms with Crippen LogP contribution >= 0.6 is 0 Å². The Hall–Kier alpha value is -2.14. The van der Waals surface area contributed by atoms with E-state index in [1.54, 1.807) is 12.1 Å². The predicted molar refractivity (Wildman–Crippen MR) is 95.2 cm³/mol. The fraction of sp³-hybridized carbons (Fsp3) is 0.450. The molecule has 1 aliphatic rings. The molecular formula is C20H25FN2O2. The molecule has 0 saturated carbocycles. The van der Waals surface area contributed by atoms with Gasteiger partial charge in [0.25, 0.3) is 5.91 Å². The quantitative estimate of drug-likeness (QED) is 0.893. The molecule has 1 N–H and O–H groups in total. The maximum Gasteiger partial charge on any atom is 0.253 e. The molecule has 1 amide bonds. The lowest BCUT2D eigenvalue weighted by atomic mass is 9.98. The molecular weight excluding hydrogens is 319 g/mol. The Bertz CT molecular complexity index is 746. The van der Waals surface area contributed by atoms with Crippen LogP contribution < -0.4 is 5.32 Å². The molecule has 1 saturated heterocycles. The number of amides is 1. The molecule has 5 heteroatoms. The molecule has 134 valence electrons. The number of hydrogen-bond donors (Lipinski definition) is 1. The Morgan fingerprint density at radius 3 is 2.64 bits per heavy atom. The highest BCUT2D eigenvalue weighted by molar-refractivity contribution is 5.96. The van der Waals surface area contributed by atoms with Crippen LogP contribution in [-0.2, 0) is 11.3 Å². The van der Waals surface area contributed by atoms with Crippen molar-refractivity contribution in [2.45, 2.75) is 52.3 Å². The van der Waals surface area contributed by atoms with Crippen LogP contribution in [0.4, 0.5) is 4.39 Å². The molecule has 0 aliphatic carbocycles. The molecule has 1 aliphatic heterocycles. The van der Waals surface area contributed by atoms with E-state index in [0.29, 0.717) is 12.2 Å². The monoisotopic (exact) mass is 344 g/mol. The molecule has 0 unspecified atom stereocenters. The molecule has 2 aromatic rings. The first kappa shape index (κ1) is 17.7. The van der Waals surface area contributed by atoms with E-state index in [4.69, 9.17) is 4.74 Å². The largest absolute Gasteiger partial charge is 0.376 e. The second kappa shape index (κ2) is 7.40. The molecule has 1 aromatic heterocycles. The second-order valence-corrected chi connectivity index (χ2v) is 6.58. The number of hydrogen-bond acceptors (Lipinski definition) is 2. The van der Waals surface area contributed by atoms with Crippen LogP contribution in [0, 0.1) is 19.7 Å². The van der Waals surface area contributed by atoms with Crippen LogP contribution in [0.15, 0.2) is 30.3 Å². The predicted octanol–water partition coefficient (Wildman–Crippen LogP) is 3.91. The third kappa shape index (κ3) is 3.61. The topological polar surface area (TPSA) is 43.3 Å². The lowest BCUT2D eigenvalue weighted by Crippen LogP contribution is -2.36. The normalized spacial score (nSPS) is 18.3. The summed E-state index contributed by atoms with van der Waals surface area (Å²) in [6.45, 7) is 7.56. The SMILES string of the molecule is CCn1c(C)cc(C(=O)N[C@H](c2ccc(F)cc2)[C@@H]2CCCO2)c1C. The zero-order chi connectivity index (χ0) is 18.0. The van der Waals surface area contributed by atoms with Crippen LogP contribution in [0.2, 0.25) is 0 Å². The summed E-state index contributed by atoms with van der Waals surface area (Å²) < 4.78 is 21.2. The number of halogens is 1. The van der Waals surface area contributed by atoms with Gasteiger partial charge in [0.05, 0.1) is 17.7 Å². The highest BCUT2D eigenvalue weighted by Crippen LogP contribution is 2.28. The average Bonchev–Trinajstić information content (AvgIpc) is 3.21. The number of carbonyl (C=O) groups is 1. The van der Waals surface area contributed by atoms with Gasteiger partial charge in [-0.2, -0.15) is 0 Å². The number of carbonyl (C=O) groups excluding carboxylic acids is 1. The van der Waals surface area contributed by atoms with Gasteiger partial charge in [0.15, 0.2) is 0 Å². The van der Waals surface area contributed by atoms with Crippen LogP contribution in [-0.4, -0.2) is 23.2 Å². The van der Waals surface area contributed by atoms with Gasteiger partial charge in [0, 0.05) is 24.5 Å². The van der Waals surface area contributed by atoms with Gasteiger partial charge >= 0.3 is 0 Å². The number of rotatable bonds is 5. The summed E-state index contributed by atoms with van der Waals surface area (Å²) in [4.78, 5) is 12.9. The first-order chi connectivity index (χ1) is 12.0. The van der Waals surface area contributed by atoms with E-state index in [0.717, 1.165) is 36.3 Å². The Morgan fingerprint density at radius 2 is 2.08 bits per heavy atom. The lowest BCUT2D eigenvalue weighted by Gasteiger charge is -2.25. The first-order valence-electron chi connectivity index (χ1n) is 8.86. The Kier molecular flexibility index (Phi) is 5.23. The molecule has 0 radical (unpaired) electrons. The standard InChI is InChI=1S/C20H25FN2O2/c1-4-23-13(2)12-17(14(23)3)20(24)22-19(18-6-5-11-25-18)15-7-9-16(21)10-8-15/h7-10,12,18-19H,4-6,11H2,1-3H3,(H,22,24)/t18-,19+/m0/s1. The van der Waals surface area contributed by atoms with Gasteiger partial charge in [-0.05, 0) is 57.4 Å². The maximum atomic E-state index is 13.3. The molecule has 0 bridgehead atoms. The highest BCUT2D eigenvalue weighted by atomic mass is 19.1. The van der Waals surface area contributed by atoms with Crippen molar-refractivity contribution < 1.29 is 13.9 Å². The molecule has 3 rings (SSSR count). The fourth-order valence-corrected chi connectivity index (χ4v) is 3.66. The summed E-state index contributed by atoms with van der Waals surface area (Å²) in [5, 5.41) is 3.12. The van der Waals surface area contributed by atoms with Gasteiger partial charge < -0.3 is 14.6 Å². The van der Waals surface area contributed by atoms with Crippen molar-refractivity contribution in [3.63, 3.8) is 0 Å². The highest BCUT2D eigenvalue weighted by Gasteiger charge is 2.30. The van der Waals surface area contributed by atoms with Gasteiger partial charge in [-0.3, -0.25) is 4.79 Å². The summed E-state index contributed by atoms with van der Waals surface area (Å²) in [6, 6.07) is 7.93. The Balaban J connectivity index is 1.87. The van der Waals surface area contributed by atoms with E-state index < -0.39 is 0 Å². The van der Waals surface area contributed by atoms with Gasteiger partial charge in [-0.15, -0.1) is 0 Å². The number of ether oxygens (including phenoxy) is 1. The van der Waals surface area contributed by atoms with Crippen LogP contribution in [0.3, 0.4) is 0 Å². The minimum atomic E-state index is -0.285. The van der Waals surface area contributed by atoms with Crippen LogP contribution in [0.1, 0.15) is 53.1 Å². The van der Waals surface area contributed by atoms with Crippen molar-refractivity contribution in [1.82, 2.24) is 9.88 Å². The van der Waals surface area contributed by atoms with Crippen LogP contribution in [0.5, 0.6) is 0 Å². The van der Waals surface area contributed by atoms with Gasteiger partial charge in [-0.1, -0.05) is 12.1 Å². The number of aromatic nitrogens is 1. The summed E-state index contributed by atoms with van der Waals surface area (Å²) in [7, 11) is 0. The van der Waals surface area contributed by atoms with E-state index in [2.05, 4.69) is 16.8 Å². The molecule has 0 spiro atoms. The van der Waals surface area contributed by atoms with Crippen molar-refractivity contribution in [3.05, 3.63) is 58.7 Å². The molecule has 25 heavy (non-hydrogen) atoms. The number of benzene rings is 1. The minimum absolute atomic E-state index is 0.0796. The first-order valence-corrected chi connectivity index (χ1v) is 8.86. The average molecular weight is 344 g/mol. The van der Waals surface area contributed by atoms with Crippen molar-refractivity contribution in [2.75, 3.05) is 6.61 Å². The van der Waals surface area contributed by atoms with E-state index in [1.165, 1.54) is 12.1 Å². The molecule has 1 aromatic carbocycles. The summed E-state index contributed by atoms with van der Waals surface area (Å²) in [5.74, 6) is -0.398. The van der Waals surface area contributed by atoms with Crippen molar-refractivity contribution >= 4 is 5.91 Å². The zero-order valence-corrected chi connectivity index (χ0v) is 15.0. The van der Waals surface area contributed by atoms with Gasteiger partial charge in [0.2, 0.25) is 0 Å². The molecule has 2 atom stereocenters. The second-order valence-electron chi connectivity index (χ2n) is 6.58. The van der Waals surface area contributed by atoms with Gasteiger partial charge in [-0.25, -0.2) is 4.39 Å². The summed E-state index contributed by atoms with van der Waals surface area (Å²) in [5.41, 5.74) is 3.58. The third-order valence-electron chi connectivity index (χ3n) is 4.99. The van der Waals surface area contributed by atoms with E-state index in [9.17, 15) is 9.18 Å². The Morgan fingerprint density at radius 1 is 1.36 bits per heavy atom. The zero-order valence-electron chi connectivity index (χ0n) is 15.0. The third-order valence-corrected chi connectivity index (χ3v) is 4.99. The smallest absolute Gasteiger partial charge is 0.253 e.